The lowest BCUT2D eigenvalue weighted by Gasteiger charge is -2.25. The molecule has 4 nitrogen and oxygen atoms in total. The Labute approximate surface area is 105 Å². The number of pyridine rings is 1. The summed E-state index contributed by atoms with van der Waals surface area (Å²) in [6, 6.07) is 9.24. The largest absolute Gasteiger partial charge is 0.478 e. The standard InChI is InChI=1S/C14H15NO3/c1-3-14(2,13(16)17)18-11-8-4-6-10-7-5-9-15-12(10)11/h4-9H,3H2,1-2H3,(H,16,17). The Bertz CT molecular complexity index is 577. The SMILES string of the molecule is CCC(C)(Oc1cccc2cccnc12)C(=O)O. The molecule has 0 amide bonds. The van der Waals surface area contributed by atoms with Crippen molar-refractivity contribution in [2.45, 2.75) is 25.9 Å². The van der Waals surface area contributed by atoms with Crippen molar-refractivity contribution in [3.05, 3.63) is 36.5 Å². The third kappa shape index (κ3) is 2.14. The summed E-state index contributed by atoms with van der Waals surface area (Å²) in [5.41, 5.74) is -0.549. The average Bonchev–Trinajstić information content (AvgIpc) is 2.39. The zero-order chi connectivity index (χ0) is 13.2. The topological polar surface area (TPSA) is 59.4 Å². The maximum Gasteiger partial charge on any atom is 0.347 e. The van der Waals surface area contributed by atoms with Gasteiger partial charge in [0.25, 0.3) is 0 Å². The molecule has 0 radical (unpaired) electrons. The molecular weight excluding hydrogens is 230 g/mol. The molecule has 1 aromatic carbocycles. The number of hydrogen-bond donors (Lipinski definition) is 1. The normalized spacial score (nSPS) is 14.1. The van der Waals surface area contributed by atoms with Gasteiger partial charge in [-0.3, -0.25) is 4.98 Å². The number of carboxylic acids is 1. The molecule has 0 spiro atoms. The van der Waals surface area contributed by atoms with E-state index in [1.165, 1.54) is 0 Å². The smallest absolute Gasteiger partial charge is 0.347 e. The molecule has 0 fully saturated rings. The van der Waals surface area contributed by atoms with Gasteiger partial charge in [-0.2, -0.15) is 0 Å². The quantitative estimate of drug-likeness (QED) is 0.899. The van der Waals surface area contributed by atoms with Crippen LogP contribution < -0.4 is 4.74 Å². The summed E-state index contributed by atoms with van der Waals surface area (Å²) in [7, 11) is 0. The van der Waals surface area contributed by atoms with E-state index in [-0.39, 0.29) is 0 Å². The molecule has 0 aliphatic rings. The zero-order valence-corrected chi connectivity index (χ0v) is 10.4. The van der Waals surface area contributed by atoms with E-state index in [1.54, 1.807) is 26.1 Å². The summed E-state index contributed by atoms with van der Waals surface area (Å²) in [6.45, 7) is 3.35. The lowest BCUT2D eigenvalue weighted by atomic mass is 10.0. The molecule has 1 atom stereocenters. The van der Waals surface area contributed by atoms with Crippen molar-refractivity contribution >= 4 is 16.9 Å². The van der Waals surface area contributed by atoms with Crippen LogP contribution in [0.1, 0.15) is 20.3 Å². The molecule has 2 aromatic rings. The van der Waals surface area contributed by atoms with Crippen molar-refractivity contribution in [2.75, 3.05) is 0 Å². The minimum absolute atomic E-state index is 0.381. The van der Waals surface area contributed by atoms with Crippen molar-refractivity contribution in [3.63, 3.8) is 0 Å². The van der Waals surface area contributed by atoms with Gasteiger partial charge in [-0.1, -0.05) is 25.1 Å². The number of carbonyl (C=O) groups is 1. The first-order valence-corrected chi connectivity index (χ1v) is 5.83. The fourth-order valence-electron chi connectivity index (χ4n) is 1.67. The van der Waals surface area contributed by atoms with Gasteiger partial charge in [0.2, 0.25) is 5.60 Å². The maximum absolute atomic E-state index is 11.2. The van der Waals surface area contributed by atoms with Crippen molar-refractivity contribution in [1.82, 2.24) is 4.98 Å². The van der Waals surface area contributed by atoms with Gasteiger partial charge in [0.1, 0.15) is 11.3 Å². The van der Waals surface area contributed by atoms with Gasteiger partial charge in [0.05, 0.1) is 0 Å². The van der Waals surface area contributed by atoms with Gasteiger partial charge in [-0.25, -0.2) is 4.79 Å². The van der Waals surface area contributed by atoms with Gasteiger partial charge in [0, 0.05) is 11.6 Å². The van der Waals surface area contributed by atoms with E-state index in [9.17, 15) is 9.90 Å². The Morgan fingerprint density at radius 1 is 1.39 bits per heavy atom. The van der Waals surface area contributed by atoms with Crippen LogP contribution in [-0.2, 0) is 4.79 Å². The molecule has 4 heteroatoms. The molecule has 2 rings (SSSR count). The Morgan fingerprint density at radius 2 is 2.11 bits per heavy atom. The molecular formula is C14H15NO3. The van der Waals surface area contributed by atoms with Gasteiger partial charge >= 0.3 is 5.97 Å². The third-order valence-corrected chi connectivity index (χ3v) is 3.06. The van der Waals surface area contributed by atoms with Crippen LogP contribution in [0.25, 0.3) is 10.9 Å². The number of hydrogen-bond acceptors (Lipinski definition) is 3. The Hall–Kier alpha value is -2.10. The summed E-state index contributed by atoms with van der Waals surface area (Å²) in [6.07, 6.45) is 2.05. The highest BCUT2D eigenvalue weighted by Gasteiger charge is 2.34. The molecule has 1 unspecified atom stereocenters. The number of rotatable bonds is 4. The predicted octanol–water partition coefficient (Wildman–Crippen LogP) is 2.87. The van der Waals surface area contributed by atoms with E-state index in [1.807, 2.05) is 24.3 Å². The van der Waals surface area contributed by atoms with Crippen LogP contribution in [0.2, 0.25) is 0 Å². The van der Waals surface area contributed by atoms with Crippen molar-refractivity contribution in [3.8, 4) is 5.75 Å². The van der Waals surface area contributed by atoms with E-state index in [0.717, 1.165) is 5.39 Å². The first-order valence-electron chi connectivity index (χ1n) is 5.83. The first kappa shape index (κ1) is 12.4. The minimum Gasteiger partial charge on any atom is -0.478 e. The Morgan fingerprint density at radius 3 is 2.78 bits per heavy atom. The molecule has 0 bridgehead atoms. The van der Waals surface area contributed by atoms with E-state index >= 15 is 0 Å². The molecule has 18 heavy (non-hydrogen) atoms. The second-order valence-electron chi connectivity index (χ2n) is 4.32. The molecule has 1 aromatic heterocycles. The monoisotopic (exact) mass is 245 g/mol. The van der Waals surface area contributed by atoms with Crippen LogP contribution in [0.3, 0.4) is 0 Å². The average molecular weight is 245 g/mol. The van der Waals surface area contributed by atoms with Crippen LogP contribution in [-0.4, -0.2) is 21.7 Å². The molecule has 0 aliphatic heterocycles. The highest BCUT2D eigenvalue weighted by molar-refractivity contribution is 5.85. The predicted molar refractivity (Wildman–Crippen MR) is 68.7 cm³/mol. The first-order chi connectivity index (χ1) is 8.57. The van der Waals surface area contributed by atoms with Gasteiger partial charge in [-0.05, 0) is 25.5 Å². The number of ether oxygens (including phenoxy) is 1. The second-order valence-corrected chi connectivity index (χ2v) is 4.32. The maximum atomic E-state index is 11.2. The highest BCUT2D eigenvalue weighted by atomic mass is 16.5. The van der Waals surface area contributed by atoms with Crippen molar-refractivity contribution in [2.24, 2.45) is 0 Å². The number of fused-ring (bicyclic) bond motifs is 1. The molecule has 0 aliphatic carbocycles. The number of nitrogens with zero attached hydrogens (tertiary/aromatic N) is 1. The van der Waals surface area contributed by atoms with Gasteiger partial charge in [0.15, 0.2) is 0 Å². The number of para-hydroxylation sites is 1. The minimum atomic E-state index is -1.23. The van der Waals surface area contributed by atoms with E-state index in [2.05, 4.69) is 4.98 Å². The van der Waals surface area contributed by atoms with E-state index < -0.39 is 11.6 Å². The Kier molecular flexibility index (Phi) is 3.19. The summed E-state index contributed by atoms with van der Waals surface area (Å²) in [5, 5.41) is 10.1. The van der Waals surface area contributed by atoms with Crippen LogP contribution in [0, 0.1) is 0 Å². The van der Waals surface area contributed by atoms with Gasteiger partial charge < -0.3 is 9.84 Å². The molecule has 1 N–H and O–H groups in total. The molecule has 0 saturated heterocycles. The number of carboxylic acid groups (broad SMARTS) is 1. The summed E-state index contributed by atoms with van der Waals surface area (Å²) in [4.78, 5) is 15.5. The fraction of sp³-hybridized carbons (Fsp3) is 0.286. The summed E-state index contributed by atoms with van der Waals surface area (Å²) < 4.78 is 5.66. The van der Waals surface area contributed by atoms with Crippen LogP contribution >= 0.6 is 0 Å². The third-order valence-electron chi connectivity index (χ3n) is 3.06. The van der Waals surface area contributed by atoms with Gasteiger partial charge in [-0.15, -0.1) is 0 Å². The molecule has 94 valence electrons. The van der Waals surface area contributed by atoms with Crippen LogP contribution in [0.5, 0.6) is 5.75 Å². The van der Waals surface area contributed by atoms with Crippen molar-refractivity contribution in [1.29, 1.82) is 0 Å². The van der Waals surface area contributed by atoms with Crippen LogP contribution in [0.15, 0.2) is 36.5 Å². The molecule has 0 saturated carbocycles. The summed E-state index contributed by atoms with van der Waals surface area (Å²) in [5.74, 6) is -0.474. The number of aliphatic carboxylic acids is 1. The highest BCUT2D eigenvalue weighted by Crippen LogP contribution is 2.28. The fourth-order valence-corrected chi connectivity index (χ4v) is 1.67. The molecule has 1 heterocycles. The number of benzene rings is 1. The van der Waals surface area contributed by atoms with E-state index in [0.29, 0.717) is 17.7 Å². The number of aromatic nitrogens is 1. The lowest BCUT2D eigenvalue weighted by Crippen LogP contribution is -2.40. The zero-order valence-electron chi connectivity index (χ0n) is 10.4. The Balaban J connectivity index is 2.46. The van der Waals surface area contributed by atoms with E-state index in [4.69, 9.17) is 4.74 Å². The lowest BCUT2D eigenvalue weighted by molar-refractivity contribution is -0.153. The second kappa shape index (κ2) is 4.64. The summed E-state index contributed by atoms with van der Waals surface area (Å²) >= 11 is 0. The van der Waals surface area contributed by atoms with Crippen molar-refractivity contribution < 1.29 is 14.6 Å². The van der Waals surface area contributed by atoms with Crippen LogP contribution in [0.4, 0.5) is 0 Å².